The fraction of sp³-hybridized carbons (Fsp3) is 0.0833. The number of pyridine rings is 2. The summed E-state index contributed by atoms with van der Waals surface area (Å²) in [6.45, 7) is 0.361. The molecular formula is C24H16Cl2N2O2. The van der Waals surface area contributed by atoms with Gasteiger partial charge in [-0.05, 0) is 35.9 Å². The zero-order valence-corrected chi connectivity index (χ0v) is 17.3. The number of benzene rings is 2. The minimum atomic E-state index is -0.312. The summed E-state index contributed by atoms with van der Waals surface area (Å²) in [6, 6.07) is 18.4. The molecule has 0 N–H and O–H groups in total. The molecule has 148 valence electrons. The van der Waals surface area contributed by atoms with E-state index < -0.39 is 0 Å². The molecular weight excluding hydrogens is 419 g/mol. The molecule has 4 aromatic rings. The van der Waals surface area contributed by atoms with Crippen LogP contribution >= 0.6 is 23.2 Å². The molecule has 2 heterocycles. The lowest BCUT2D eigenvalue weighted by Crippen LogP contribution is -2.22. The van der Waals surface area contributed by atoms with Gasteiger partial charge in [-0.15, -0.1) is 6.42 Å². The van der Waals surface area contributed by atoms with Crippen LogP contribution in [0.25, 0.3) is 22.2 Å². The molecule has 0 spiro atoms. The highest BCUT2D eigenvalue weighted by atomic mass is 35.5. The first-order valence-electron chi connectivity index (χ1n) is 9.17. The largest absolute Gasteiger partial charge is 0.487 e. The van der Waals surface area contributed by atoms with Crippen molar-refractivity contribution in [1.29, 1.82) is 0 Å². The number of nitrogens with zero attached hydrogens (tertiary/aromatic N) is 2. The van der Waals surface area contributed by atoms with Crippen molar-refractivity contribution in [2.45, 2.75) is 13.2 Å². The van der Waals surface area contributed by atoms with Crippen LogP contribution in [0.4, 0.5) is 0 Å². The van der Waals surface area contributed by atoms with E-state index in [0.717, 1.165) is 10.9 Å². The van der Waals surface area contributed by atoms with Crippen molar-refractivity contribution in [1.82, 2.24) is 9.55 Å². The summed E-state index contributed by atoms with van der Waals surface area (Å²) in [7, 11) is 0. The molecule has 0 aliphatic carbocycles. The molecule has 2 aromatic carbocycles. The number of hydrogen-bond acceptors (Lipinski definition) is 3. The minimum absolute atomic E-state index is 0.0819. The molecule has 0 radical (unpaired) electrons. The molecule has 0 amide bonds. The lowest BCUT2D eigenvalue weighted by atomic mass is 10.0. The second kappa shape index (κ2) is 8.62. The van der Waals surface area contributed by atoms with Gasteiger partial charge in [-0.25, -0.2) is 4.98 Å². The van der Waals surface area contributed by atoms with Gasteiger partial charge in [0.15, 0.2) is 0 Å². The van der Waals surface area contributed by atoms with Crippen LogP contribution in [-0.4, -0.2) is 9.55 Å². The first-order valence-corrected chi connectivity index (χ1v) is 9.93. The summed E-state index contributed by atoms with van der Waals surface area (Å²) in [5.41, 5.74) is 1.94. The van der Waals surface area contributed by atoms with Crippen molar-refractivity contribution < 1.29 is 4.74 Å². The van der Waals surface area contributed by atoms with E-state index in [1.807, 2.05) is 36.4 Å². The number of fused-ring (bicyclic) bond motifs is 1. The average molecular weight is 435 g/mol. The van der Waals surface area contributed by atoms with Gasteiger partial charge in [0.2, 0.25) is 0 Å². The van der Waals surface area contributed by atoms with Gasteiger partial charge in [0.1, 0.15) is 18.0 Å². The Labute approximate surface area is 183 Å². The zero-order chi connectivity index (χ0) is 21.1. The first-order chi connectivity index (χ1) is 14.6. The summed E-state index contributed by atoms with van der Waals surface area (Å²) in [4.78, 5) is 17.6. The number of hydrogen-bond donors (Lipinski definition) is 0. The van der Waals surface area contributed by atoms with Gasteiger partial charge in [-0.1, -0.05) is 59.5 Å². The maximum absolute atomic E-state index is 13.3. The standard InChI is InChI=1S/C24H16Cl2N2O2/c1-2-13-28-23-17(9-6-12-27-23)14-18(24(28)29)21-19(25)10-11-20(26)22(21)30-15-16-7-4-3-5-8-16/h1,3-12,14H,13,15H2. The molecule has 0 atom stereocenters. The van der Waals surface area contributed by atoms with Crippen molar-refractivity contribution >= 4 is 34.2 Å². The van der Waals surface area contributed by atoms with Crippen molar-refractivity contribution in [3.63, 3.8) is 0 Å². The van der Waals surface area contributed by atoms with Gasteiger partial charge >= 0.3 is 0 Å². The number of halogens is 2. The van der Waals surface area contributed by atoms with Crippen molar-refractivity contribution in [2.75, 3.05) is 0 Å². The molecule has 0 aliphatic rings. The monoisotopic (exact) mass is 434 g/mol. The highest BCUT2D eigenvalue weighted by Crippen LogP contribution is 2.41. The normalized spacial score (nSPS) is 10.7. The van der Waals surface area contributed by atoms with E-state index in [1.54, 1.807) is 30.5 Å². The maximum atomic E-state index is 13.3. The van der Waals surface area contributed by atoms with Crippen LogP contribution in [0.15, 0.2) is 71.7 Å². The van der Waals surface area contributed by atoms with E-state index in [1.165, 1.54) is 4.57 Å². The summed E-state index contributed by atoms with van der Waals surface area (Å²) in [6.07, 6.45) is 7.12. The predicted octanol–water partition coefficient (Wildman–Crippen LogP) is 5.58. The Morgan fingerprint density at radius 3 is 2.57 bits per heavy atom. The van der Waals surface area contributed by atoms with Crippen LogP contribution in [-0.2, 0) is 13.2 Å². The summed E-state index contributed by atoms with van der Waals surface area (Å²) in [5, 5.41) is 1.47. The highest BCUT2D eigenvalue weighted by Gasteiger charge is 2.20. The van der Waals surface area contributed by atoms with E-state index in [-0.39, 0.29) is 18.7 Å². The fourth-order valence-electron chi connectivity index (χ4n) is 3.28. The van der Waals surface area contributed by atoms with Gasteiger partial charge in [0.05, 0.1) is 22.2 Å². The summed E-state index contributed by atoms with van der Waals surface area (Å²) < 4.78 is 7.48. The summed E-state index contributed by atoms with van der Waals surface area (Å²) >= 11 is 13.0. The second-order valence-corrected chi connectivity index (χ2v) is 7.39. The zero-order valence-electron chi connectivity index (χ0n) is 15.8. The molecule has 0 saturated carbocycles. The molecule has 0 aliphatic heterocycles. The van der Waals surface area contributed by atoms with Gasteiger partial charge in [-0.3, -0.25) is 9.36 Å². The van der Waals surface area contributed by atoms with E-state index in [0.29, 0.717) is 32.6 Å². The van der Waals surface area contributed by atoms with Crippen LogP contribution in [0.1, 0.15) is 5.56 Å². The van der Waals surface area contributed by atoms with Gasteiger partial charge < -0.3 is 4.74 Å². The second-order valence-electron chi connectivity index (χ2n) is 6.58. The molecule has 0 saturated heterocycles. The van der Waals surface area contributed by atoms with Gasteiger partial charge in [0.25, 0.3) is 5.56 Å². The van der Waals surface area contributed by atoms with Crippen molar-refractivity contribution in [2.24, 2.45) is 0 Å². The molecule has 0 unspecified atom stereocenters. The lowest BCUT2D eigenvalue weighted by molar-refractivity contribution is 0.307. The van der Waals surface area contributed by atoms with E-state index >= 15 is 0 Å². The Bertz CT molecular complexity index is 1330. The molecule has 6 heteroatoms. The Morgan fingerprint density at radius 2 is 1.80 bits per heavy atom. The van der Waals surface area contributed by atoms with Gasteiger partial charge in [-0.2, -0.15) is 0 Å². The quantitative estimate of drug-likeness (QED) is 0.385. The smallest absolute Gasteiger partial charge is 0.261 e. The van der Waals surface area contributed by atoms with Crippen LogP contribution in [0.2, 0.25) is 10.0 Å². The minimum Gasteiger partial charge on any atom is -0.487 e. The average Bonchev–Trinajstić information content (AvgIpc) is 2.77. The van der Waals surface area contributed by atoms with Crippen LogP contribution < -0.4 is 10.3 Å². The molecule has 2 aromatic heterocycles. The van der Waals surface area contributed by atoms with Gasteiger partial charge in [0, 0.05) is 17.1 Å². The van der Waals surface area contributed by atoms with Crippen LogP contribution in [0.5, 0.6) is 5.75 Å². The fourth-order valence-corrected chi connectivity index (χ4v) is 3.74. The Balaban J connectivity index is 1.91. The van der Waals surface area contributed by atoms with E-state index in [4.69, 9.17) is 34.4 Å². The van der Waals surface area contributed by atoms with Crippen LogP contribution in [0, 0.1) is 12.3 Å². The number of ether oxygens (including phenoxy) is 1. The highest BCUT2D eigenvalue weighted by molar-refractivity contribution is 6.36. The Kier molecular flexibility index (Phi) is 5.76. The van der Waals surface area contributed by atoms with E-state index in [2.05, 4.69) is 10.9 Å². The Morgan fingerprint density at radius 1 is 1.03 bits per heavy atom. The molecule has 30 heavy (non-hydrogen) atoms. The number of rotatable bonds is 5. The topological polar surface area (TPSA) is 44.1 Å². The molecule has 0 bridgehead atoms. The maximum Gasteiger partial charge on any atom is 0.261 e. The third kappa shape index (κ3) is 3.78. The number of aromatic nitrogens is 2. The van der Waals surface area contributed by atoms with Crippen LogP contribution in [0.3, 0.4) is 0 Å². The van der Waals surface area contributed by atoms with Crippen molar-refractivity contribution in [3.05, 3.63) is 92.8 Å². The predicted molar refractivity (Wildman–Crippen MR) is 121 cm³/mol. The third-order valence-corrected chi connectivity index (χ3v) is 5.26. The molecule has 4 rings (SSSR count). The van der Waals surface area contributed by atoms with Crippen molar-refractivity contribution in [3.8, 4) is 29.2 Å². The molecule has 0 fully saturated rings. The third-order valence-electron chi connectivity index (χ3n) is 4.65. The number of terminal acetylenes is 1. The first kappa shape index (κ1) is 20.0. The summed E-state index contributed by atoms with van der Waals surface area (Å²) in [5.74, 6) is 2.86. The SMILES string of the molecule is C#CCn1c(=O)c(-c2c(Cl)ccc(Cl)c2OCc2ccccc2)cc2cccnc21. The van der Waals surface area contributed by atoms with E-state index in [9.17, 15) is 4.79 Å². The molecule has 4 nitrogen and oxygen atoms in total. The lowest BCUT2D eigenvalue weighted by Gasteiger charge is -2.16. The Hall–Kier alpha value is -3.26.